The molecule has 0 bridgehead atoms. The normalized spacial score (nSPS) is 14.1. The van der Waals surface area contributed by atoms with Crippen molar-refractivity contribution in [2.24, 2.45) is 17.4 Å². The molecule has 0 fully saturated rings. The van der Waals surface area contributed by atoms with Crippen LogP contribution >= 0.6 is 0 Å². The van der Waals surface area contributed by atoms with Crippen LogP contribution in [0.1, 0.15) is 46.0 Å². The number of amides is 1. The minimum absolute atomic E-state index is 0.109. The summed E-state index contributed by atoms with van der Waals surface area (Å²) in [6, 6.07) is -0.141. The summed E-state index contributed by atoms with van der Waals surface area (Å²) in [7, 11) is 4.48. The quantitative estimate of drug-likeness (QED) is 0.171. The Morgan fingerprint density at radius 1 is 1.00 bits per heavy atom. The smallest absolute Gasteiger partial charge is 0.237 e. The summed E-state index contributed by atoms with van der Waals surface area (Å²) in [5.74, 6) is 0.811. The zero-order valence-electron chi connectivity index (χ0n) is 18.4. The van der Waals surface area contributed by atoms with Crippen molar-refractivity contribution in [1.29, 1.82) is 0 Å². The molecule has 7 heteroatoms. The minimum atomic E-state index is -0.141. The van der Waals surface area contributed by atoms with Gasteiger partial charge in [0.1, 0.15) is 0 Å². The lowest BCUT2D eigenvalue weighted by Crippen LogP contribution is -2.50. The van der Waals surface area contributed by atoms with Gasteiger partial charge < -0.3 is 31.9 Å². The maximum atomic E-state index is 12.6. The van der Waals surface area contributed by atoms with E-state index in [0.717, 1.165) is 62.9 Å². The molecular formula is C20H47N6O+. The molecular weight excluding hydrogens is 340 g/mol. The predicted octanol–water partition coefficient (Wildman–Crippen LogP) is 0.251. The van der Waals surface area contributed by atoms with E-state index in [9.17, 15) is 4.79 Å². The molecule has 0 aromatic rings. The van der Waals surface area contributed by atoms with E-state index < -0.39 is 0 Å². The molecule has 0 radical (unpaired) electrons. The van der Waals surface area contributed by atoms with Gasteiger partial charge in [0, 0.05) is 5.92 Å². The molecule has 0 saturated heterocycles. The molecule has 0 aliphatic heterocycles. The van der Waals surface area contributed by atoms with Crippen molar-refractivity contribution in [2.45, 2.75) is 52.0 Å². The summed E-state index contributed by atoms with van der Waals surface area (Å²) in [5.41, 5.74) is 11.1. The zero-order valence-corrected chi connectivity index (χ0v) is 18.4. The highest BCUT2D eigenvalue weighted by molar-refractivity contribution is 5.81. The number of carbonyl (C=O) groups excluding carboxylic acids is 1. The Kier molecular flexibility index (Phi) is 15.8. The summed E-state index contributed by atoms with van der Waals surface area (Å²) in [5, 5.41) is 9.87. The number of carbonyl (C=O) groups is 1. The van der Waals surface area contributed by atoms with Gasteiger partial charge >= 0.3 is 0 Å². The molecule has 7 nitrogen and oxygen atoms in total. The predicted molar refractivity (Wildman–Crippen MR) is 116 cm³/mol. The zero-order chi connectivity index (χ0) is 20.5. The lowest BCUT2D eigenvalue weighted by Gasteiger charge is -2.32. The maximum Gasteiger partial charge on any atom is 0.237 e. The van der Waals surface area contributed by atoms with Gasteiger partial charge in [0.05, 0.1) is 39.8 Å². The number of nitrogens with two attached hydrogens (primary N) is 2. The van der Waals surface area contributed by atoms with Crippen LogP contribution in [0.25, 0.3) is 0 Å². The fourth-order valence-electron chi connectivity index (χ4n) is 3.16. The fourth-order valence-corrected chi connectivity index (χ4v) is 3.16. The van der Waals surface area contributed by atoms with E-state index in [1.165, 1.54) is 6.42 Å². The minimum Gasteiger partial charge on any atom is -0.349 e. The van der Waals surface area contributed by atoms with Crippen molar-refractivity contribution in [2.75, 3.05) is 66.5 Å². The number of hydrogen-bond acceptors (Lipinski definition) is 5. The molecule has 0 aliphatic rings. The van der Waals surface area contributed by atoms with E-state index in [1.54, 1.807) is 0 Å². The molecule has 7 N–H and O–H groups in total. The third-order valence-electron chi connectivity index (χ3n) is 5.01. The lowest BCUT2D eigenvalue weighted by atomic mass is 10.1. The van der Waals surface area contributed by atoms with Crippen LogP contribution in [0.3, 0.4) is 0 Å². The molecule has 0 heterocycles. The van der Waals surface area contributed by atoms with E-state index in [-0.39, 0.29) is 11.9 Å². The van der Waals surface area contributed by atoms with Gasteiger partial charge in [-0.05, 0) is 64.8 Å². The highest BCUT2D eigenvalue weighted by atomic mass is 16.2. The highest BCUT2D eigenvalue weighted by Gasteiger charge is 2.21. The monoisotopic (exact) mass is 387 g/mol. The van der Waals surface area contributed by atoms with Gasteiger partial charge in [-0.1, -0.05) is 13.8 Å². The average molecular weight is 388 g/mol. The first kappa shape index (κ1) is 26.3. The molecule has 0 rings (SSSR count). The van der Waals surface area contributed by atoms with Crippen molar-refractivity contribution in [3.05, 3.63) is 0 Å². The van der Waals surface area contributed by atoms with E-state index in [4.69, 9.17) is 11.5 Å². The fraction of sp³-hybridized carbons (Fsp3) is 0.950. The Hall–Kier alpha value is -0.730. The maximum absolute atomic E-state index is 12.6. The largest absolute Gasteiger partial charge is 0.349 e. The van der Waals surface area contributed by atoms with E-state index >= 15 is 0 Å². The van der Waals surface area contributed by atoms with Crippen molar-refractivity contribution >= 4 is 5.91 Å². The second kappa shape index (κ2) is 16.2. The Morgan fingerprint density at radius 3 is 2.26 bits per heavy atom. The molecule has 0 aromatic carbocycles. The molecule has 2 atom stereocenters. The van der Waals surface area contributed by atoms with Crippen molar-refractivity contribution < 1.29 is 9.28 Å². The van der Waals surface area contributed by atoms with Crippen molar-refractivity contribution in [3.8, 4) is 0 Å². The van der Waals surface area contributed by atoms with Crippen LogP contribution in [0.2, 0.25) is 0 Å². The first-order valence-corrected chi connectivity index (χ1v) is 10.8. The summed E-state index contributed by atoms with van der Waals surface area (Å²) in [6.07, 6.45) is 4.87. The third kappa shape index (κ3) is 14.9. The molecule has 2 unspecified atom stereocenters. The van der Waals surface area contributed by atoms with Crippen LogP contribution in [-0.2, 0) is 4.79 Å². The number of rotatable bonds is 18. The Bertz CT molecular complexity index is 364. The van der Waals surface area contributed by atoms with Crippen molar-refractivity contribution in [3.63, 3.8) is 0 Å². The van der Waals surface area contributed by atoms with Crippen LogP contribution in [0.15, 0.2) is 0 Å². The molecule has 0 saturated carbocycles. The Labute approximate surface area is 167 Å². The average Bonchev–Trinajstić information content (AvgIpc) is 2.62. The van der Waals surface area contributed by atoms with Gasteiger partial charge in [0.15, 0.2) is 0 Å². The second-order valence-electron chi connectivity index (χ2n) is 8.33. The first-order chi connectivity index (χ1) is 12.9. The summed E-state index contributed by atoms with van der Waals surface area (Å²) < 4.78 is 0.936. The lowest BCUT2D eigenvalue weighted by molar-refractivity contribution is -0.892. The van der Waals surface area contributed by atoms with Gasteiger partial charge in [-0.3, -0.25) is 4.79 Å². The molecule has 27 heavy (non-hydrogen) atoms. The van der Waals surface area contributed by atoms with Gasteiger partial charge in [0.25, 0.3) is 0 Å². The number of nitrogens with one attached hydrogen (secondary N) is 3. The van der Waals surface area contributed by atoms with E-state index in [0.29, 0.717) is 25.6 Å². The number of hydrogen-bond donors (Lipinski definition) is 5. The Balaban J connectivity index is 4.27. The number of nitrogens with zero attached hydrogens (tertiary/aromatic N) is 1. The van der Waals surface area contributed by atoms with Crippen LogP contribution in [0.4, 0.5) is 0 Å². The second-order valence-corrected chi connectivity index (χ2v) is 8.33. The number of quaternary nitrogens is 1. The highest BCUT2D eigenvalue weighted by Crippen LogP contribution is 2.08. The van der Waals surface area contributed by atoms with E-state index in [1.807, 2.05) is 0 Å². The van der Waals surface area contributed by atoms with Crippen LogP contribution < -0.4 is 27.4 Å². The Morgan fingerprint density at radius 2 is 1.63 bits per heavy atom. The molecule has 0 aromatic heterocycles. The van der Waals surface area contributed by atoms with Crippen LogP contribution in [-0.4, -0.2) is 82.9 Å². The summed E-state index contributed by atoms with van der Waals surface area (Å²) in [6.45, 7) is 11.3. The standard InChI is InChI=1S/C20H46N6O/c1-5-18(2)17-26(3,4)16-15-25-20(27)19(24-14-8-11-22)9-6-12-23-13-7-10-21/h18-19,23-24H,5-17,21-22H2,1-4H3/p+1. The molecule has 0 aliphatic carbocycles. The van der Waals surface area contributed by atoms with Crippen LogP contribution in [0.5, 0.6) is 0 Å². The molecule has 0 spiro atoms. The summed E-state index contributed by atoms with van der Waals surface area (Å²) in [4.78, 5) is 12.6. The van der Waals surface area contributed by atoms with Gasteiger partial charge in [-0.15, -0.1) is 0 Å². The first-order valence-electron chi connectivity index (χ1n) is 10.8. The van der Waals surface area contributed by atoms with E-state index in [2.05, 4.69) is 43.9 Å². The molecule has 1 amide bonds. The van der Waals surface area contributed by atoms with Gasteiger partial charge in [-0.2, -0.15) is 0 Å². The summed E-state index contributed by atoms with van der Waals surface area (Å²) >= 11 is 0. The topological polar surface area (TPSA) is 105 Å². The van der Waals surface area contributed by atoms with Gasteiger partial charge in [-0.25, -0.2) is 0 Å². The van der Waals surface area contributed by atoms with Gasteiger partial charge in [0.2, 0.25) is 5.91 Å². The number of likely N-dealkylation sites (N-methyl/N-ethyl adjacent to an activating group) is 1. The SMILES string of the molecule is CCC(C)C[N+](C)(C)CCNC(=O)C(CCCNCCCN)NCCCN. The third-order valence-corrected chi connectivity index (χ3v) is 5.01. The van der Waals surface area contributed by atoms with Crippen LogP contribution in [0, 0.1) is 5.92 Å². The molecule has 162 valence electrons. The van der Waals surface area contributed by atoms with Crippen molar-refractivity contribution in [1.82, 2.24) is 16.0 Å².